The molecule has 0 saturated carbocycles. The molecule has 0 aliphatic rings. The van der Waals surface area contributed by atoms with Gasteiger partial charge >= 0.3 is 42.7 Å². The molecule has 0 atom stereocenters. The number of benzene rings is 3. The molecule has 40 heavy (non-hydrogen) atoms. The van der Waals surface area contributed by atoms with Crippen molar-refractivity contribution in [2.75, 3.05) is 0 Å². The molecule has 0 spiro atoms. The summed E-state index contributed by atoms with van der Waals surface area (Å²) in [4.78, 5) is 31.0. The number of aromatic hydroxyl groups is 2. The molecule has 0 bridgehead atoms. The van der Waals surface area contributed by atoms with Gasteiger partial charge in [-0.15, -0.1) is 47.3 Å². The summed E-state index contributed by atoms with van der Waals surface area (Å²) >= 11 is 16.7. The Hall–Kier alpha value is -1.01. The second-order valence-corrected chi connectivity index (χ2v) is 19.1. The van der Waals surface area contributed by atoms with Gasteiger partial charge in [0.05, 0.1) is 0 Å². The predicted molar refractivity (Wildman–Crippen MR) is 182 cm³/mol. The first-order valence-electron chi connectivity index (χ1n) is 11.2. The van der Waals surface area contributed by atoms with Crippen LogP contribution in [0, 0.1) is 27.7 Å². The van der Waals surface area contributed by atoms with E-state index in [9.17, 15) is 19.5 Å². The molecule has 0 saturated heterocycles. The molecule has 0 aromatic heterocycles. The van der Waals surface area contributed by atoms with Gasteiger partial charge in [-0.05, 0) is 86.7 Å². The van der Waals surface area contributed by atoms with Crippen LogP contribution in [0.15, 0.2) is 60.7 Å². The molecule has 3 aromatic rings. The van der Waals surface area contributed by atoms with E-state index in [0.29, 0.717) is 11.8 Å². The van der Waals surface area contributed by atoms with Crippen molar-refractivity contribution in [3.05, 3.63) is 99.6 Å². The van der Waals surface area contributed by atoms with Crippen LogP contribution < -0.4 is 0 Å². The number of ketones is 1. The van der Waals surface area contributed by atoms with Gasteiger partial charge in [-0.2, -0.15) is 0 Å². The van der Waals surface area contributed by atoms with Crippen molar-refractivity contribution in [3.63, 3.8) is 0 Å². The van der Waals surface area contributed by atoms with Crippen molar-refractivity contribution in [3.8, 4) is 11.5 Å². The number of aryl methyl sites for hydroxylation is 4. The summed E-state index contributed by atoms with van der Waals surface area (Å²) in [5, 5.41) is 18.4. The molecule has 3 rings (SSSR count). The monoisotopic (exact) mass is 915 g/mol. The van der Waals surface area contributed by atoms with Crippen LogP contribution in [0.1, 0.15) is 55.5 Å². The molecule has 0 aliphatic carbocycles. The number of carbonyl (C=O) groups excluding carboxylic acids is 3. The van der Waals surface area contributed by atoms with Gasteiger partial charge in [-0.3, -0.25) is 14.4 Å². The van der Waals surface area contributed by atoms with Crippen LogP contribution in [-0.2, 0) is 16.1 Å². The van der Waals surface area contributed by atoms with E-state index in [1.807, 2.05) is 51.1 Å². The third-order valence-corrected chi connectivity index (χ3v) is 4.78. The first-order chi connectivity index (χ1) is 18.7. The number of hydrogen-bond acceptors (Lipinski definition) is 5. The minimum atomic E-state index is 0.0000600. The fraction of sp³-hybridized carbons (Fsp3) is 0.179. The summed E-state index contributed by atoms with van der Waals surface area (Å²) < 4.78 is 0.271. The van der Waals surface area contributed by atoms with Gasteiger partial charge in [0, 0.05) is 11.1 Å². The fourth-order valence-corrected chi connectivity index (χ4v) is 2.48. The summed E-state index contributed by atoms with van der Waals surface area (Å²) in [6, 6.07) is 15.8. The summed E-state index contributed by atoms with van der Waals surface area (Å²) in [7, 11) is 0. The SMILES string of the molecule is BrB(Br)Br.CC(=O)/C=C/c1ccc(C)c(O)c1.Cc1ccc(C=O)cc1C.Cc1ccc(C=O)cc1O.[Br][Cu][Br]. The molecular weight excluding hydrogens is 890 g/mol. The molecule has 0 heterocycles. The molecule has 2 N–H and O–H groups in total. The molecule has 0 fully saturated rings. The number of halogens is 5. The molecular formula is C28H30BBr5CuO5. The standard InChI is InChI=1S/C11H12O2.C9H10O.C8H8O2.BBr3.2BrH.Cu/c1-8-3-5-10(7-11(8)13)6-4-9(2)12;1-7-3-4-9(6-10)5-8(7)2;1-6-2-3-7(5-9)4-8(6)10;2-1(3)4;;;/h3-7,13H,1-2H3;3-6H,1-2H3;2-5,10H,1H3;;2*1H;/q;;;;;;+2/p-2/b6-4+;;;;;;. The predicted octanol–water partition coefficient (Wildman–Crippen LogP) is 9.78. The summed E-state index contributed by atoms with van der Waals surface area (Å²) in [5.74, 6) is 0.426. The van der Waals surface area contributed by atoms with Crippen molar-refractivity contribution in [1.29, 1.82) is 0 Å². The molecule has 0 unspecified atom stereocenters. The van der Waals surface area contributed by atoms with Gasteiger partial charge in [-0.1, -0.05) is 42.5 Å². The number of phenolic OH excluding ortho intramolecular Hbond substituents is 2. The Morgan fingerprint density at radius 1 is 0.700 bits per heavy atom. The van der Waals surface area contributed by atoms with Crippen LogP contribution in [0.3, 0.4) is 0 Å². The zero-order valence-corrected chi connectivity index (χ0v) is 31.3. The second kappa shape index (κ2) is 24.6. The van der Waals surface area contributed by atoms with E-state index in [4.69, 9.17) is 5.11 Å². The van der Waals surface area contributed by atoms with Crippen molar-refractivity contribution in [2.24, 2.45) is 0 Å². The Labute approximate surface area is 282 Å². The van der Waals surface area contributed by atoms with Crippen molar-refractivity contribution >= 4 is 103 Å². The molecule has 0 amide bonds. The van der Waals surface area contributed by atoms with Gasteiger partial charge in [0.1, 0.15) is 24.1 Å². The van der Waals surface area contributed by atoms with Crippen LogP contribution >= 0.6 is 75.5 Å². The number of phenols is 2. The van der Waals surface area contributed by atoms with Crippen LogP contribution in [0.4, 0.5) is 0 Å². The van der Waals surface area contributed by atoms with Crippen LogP contribution in [0.2, 0.25) is 0 Å². The molecule has 5 nitrogen and oxygen atoms in total. The first-order valence-corrected chi connectivity index (χ1v) is 18.6. The molecule has 221 valence electrons. The van der Waals surface area contributed by atoms with Gasteiger partial charge in [-0.25, -0.2) is 0 Å². The van der Waals surface area contributed by atoms with E-state index in [-0.39, 0.29) is 20.5 Å². The third-order valence-electron chi connectivity index (χ3n) is 4.78. The van der Waals surface area contributed by atoms with Crippen molar-refractivity contribution < 1.29 is 35.9 Å². The normalized spacial score (nSPS) is 9.35. The van der Waals surface area contributed by atoms with E-state index in [1.54, 1.807) is 31.2 Å². The maximum absolute atomic E-state index is 10.6. The first kappa shape index (κ1) is 41.1. The fourth-order valence-electron chi connectivity index (χ4n) is 2.48. The molecule has 3 aromatic carbocycles. The van der Waals surface area contributed by atoms with E-state index in [2.05, 4.69) is 75.5 Å². The van der Waals surface area contributed by atoms with E-state index in [1.165, 1.54) is 41.5 Å². The van der Waals surface area contributed by atoms with Gasteiger partial charge < -0.3 is 10.2 Å². The second-order valence-electron chi connectivity index (χ2n) is 7.91. The van der Waals surface area contributed by atoms with Crippen molar-refractivity contribution in [1.82, 2.24) is 0 Å². The topological polar surface area (TPSA) is 91.7 Å². The van der Waals surface area contributed by atoms with Gasteiger partial charge in [0.25, 0.3) is 0 Å². The van der Waals surface area contributed by atoms with E-state index < -0.39 is 0 Å². The maximum atomic E-state index is 10.6. The minimum absolute atomic E-state index is 0.0000600. The van der Waals surface area contributed by atoms with Crippen molar-refractivity contribution in [2.45, 2.75) is 34.6 Å². The summed E-state index contributed by atoms with van der Waals surface area (Å²) in [5.41, 5.74) is 6.10. The zero-order valence-electron chi connectivity index (χ0n) is 22.4. The Bertz CT molecular complexity index is 1180. The third kappa shape index (κ3) is 21.7. The van der Waals surface area contributed by atoms with Gasteiger partial charge in [0.2, 0.25) is 0 Å². The number of allylic oxidation sites excluding steroid dienone is 1. The van der Waals surface area contributed by atoms with Crippen LogP contribution in [0.5, 0.6) is 11.5 Å². The summed E-state index contributed by atoms with van der Waals surface area (Å²) in [6.07, 6.45) is 4.73. The molecule has 0 aliphatic heterocycles. The number of rotatable bonds is 4. The molecule has 0 radical (unpaired) electrons. The van der Waals surface area contributed by atoms with Gasteiger partial charge in [0.15, 0.2) is 5.78 Å². The van der Waals surface area contributed by atoms with Crippen LogP contribution in [0.25, 0.3) is 6.08 Å². The number of aldehydes is 2. The average molecular weight is 920 g/mol. The quantitative estimate of drug-likeness (QED) is 0.155. The molecule has 12 heteroatoms. The Morgan fingerprint density at radius 2 is 1.05 bits per heavy atom. The summed E-state index contributed by atoms with van der Waals surface area (Å²) in [6.45, 7) is 9.13. The Balaban J connectivity index is 0. The van der Waals surface area contributed by atoms with E-state index in [0.717, 1.165) is 28.5 Å². The zero-order chi connectivity index (χ0) is 31.3. The Morgan fingerprint density at radius 3 is 1.40 bits per heavy atom. The van der Waals surface area contributed by atoms with E-state index >= 15 is 0 Å². The number of carbonyl (C=O) groups is 3. The van der Waals surface area contributed by atoms with Crippen LogP contribution in [-0.4, -0.2) is 31.8 Å². The Kier molecular flexibility index (Phi) is 25.3. The number of hydrogen-bond donors (Lipinski definition) is 2. The average Bonchev–Trinajstić information content (AvgIpc) is 2.89.